The third-order valence-electron chi connectivity index (χ3n) is 2.34. The standard InChI is InChI=1S/C12H15BrN6/c1-2-5-14-12-16-8-10(13)11(18-12)15-7-9-4-3-6-17-19-9/h3-4,6,8H,2,5,7H2,1H3,(H2,14,15,16,18). The molecule has 0 radical (unpaired) electrons. The maximum Gasteiger partial charge on any atom is 0.224 e. The van der Waals surface area contributed by atoms with Gasteiger partial charge >= 0.3 is 0 Å². The van der Waals surface area contributed by atoms with Crippen molar-refractivity contribution >= 4 is 27.7 Å². The van der Waals surface area contributed by atoms with Gasteiger partial charge in [0, 0.05) is 18.9 Å². The number of hydrogen-bond acceptors (Lipinski definition) is 6. The molecule has 0 aliphatic rings. The van der Waals surface area contributed by atoms with Gasteiger partial charge in [0.25, 0.3) is 0 Å². The topological polar surface area (TPSA) is 75.6 Å². The molecule has 0 spiro atoms. The first kappa shape index (κ1) is 13.7. The van der Waals surface area contributed by atoms with Crippen LogP contribution in [-0.2, 0) is 6.54 Å². The van der Waals surface area contributed by atoms with Gasteiger partial charge in [0.1, 0.15) is 5.82 Å². The molecule has 0 amide bonds. The van der Waals surface area contributed by atoms with E-state index in [2.05, 4.69) is 53.7 Å². The molecule has 0 aliphatic carbocycles. The van der Waals surface area contributed by atoms with Crippen LogP contribution in [0, 0.1) is 0 Å². The summed E-state index contributed by atoms with van der Waals surface area (Å²) in [6.07, 6.45) is 4.41. The van der Waals surface area contributed by atoms with Crippen molar-refractivity contribution in [2.75, 3.05) is 17.2 Å². The van der Waals surface area contributed by atoms with Gasteiger partial charge in [-0.2, -0.15) is 15.2 Å². The molecule has 0 unspecified atom stereocenters. The number of halogens is 1. The Labute approximate surface area is 120 Å². The van der Waals surface area contributed by atoms with Crippen molar-refractivity contribution in [3.05, 3.63) is 34.7 Å². The van der Waals surface area contributed by atoms with Crippen molar-refractivity contribution in [1.82, 2.24) is 20.2 Å². The van der Waals surface area contributed by atoms with Crippen LogP contribution in [-0.4, -0.2) is 26.7 Å². The average Bonchev–Trinajstić information content (AvgIpc) is 2.46. The van der Waals surface area contributed by atoms with Crippen LogP contribution in [0.1, 0.15) is 19.0 Å². The van der Waals surface area contributed by atoms with E-state index in [4.69, 9.17) is 0 Å². The molecule has 0 saturated heterocycles. The highest BCUT2D eigenvalue weighted by molar-refractivity contribution is 9.10. The van der Waals surface area contributed by atoms with Crippen LogP contribution in [0.15, 0.2) is 29.0 Å². The molecule has 0 atom stereocenters. The van der Waals surface area contributed by atoms with Crippen LogP contribution in [0.5, 0.6) is 0 Å². The van der Waals surface area contributed by atoms with Crippen LogP contribution in [0.2, 0.25) is 0 Å². The summed E-state index contributed by atoms with van der Waals surface area (Å²) in [5.41, 5.74) is 0.857. The highest BCUT2D eigenvalue weighted by Crippen LogP contribution is 2.20. The molecule has 0 fully saturated rings. The van der Waals surface area contributed by atoms with Crippen LogP contribution in [0.25, 0.3) is 0 Å². The Morgan fingerprint density at radius 3 is 2.95 bits per heavy atom. The Morgan fingerprint density at radius 2 is 2.21 bits per heavy atom. The van der Waals surface area contributed by atoms with E-state index < -0.39 is 0 Å². The van der Waals surface area contributed by atoms with Gasteiger partial charge in [0.2, 0.25) is 5.95 Å². The molecule has 0 aliphatic heterocycles. The minimum atomic E-state index is 0.566. The van der Waals surface area contributed by atoms with Crippen molar-refractivity contribution in [2.45, 2.75) is 19.9 Å². The lowest BCUT2D eigenvalue weighted by atomic mass is 10.4. The van der Waals surface area contributed by atoms with Crippen LogP contribution in [0.4, 0.5) is 11.8 Å². The number of nitrogens with one attached hydrogen (secondary N) is 2. The van der Waals surface area contributed by atoms with Gasteiger partial charge in [-0.15, -0.1) is 0 Å². The minimum Gasteiger partial charge on any atom is -0.363 e. The molecule has 0 aromatic carbocycles. The largest absolute Gasteiger partial charge is 0.363 e. The highest BCUT2D eigenvalue weighted by Gasteiger charge is 2.05. The van der Waals surface area contributed by atoms with Gasteiger partial charge in [-0.3, -0.25) is 0 Å². The van der Waals surface area contributed by atoms with Crippen molar-refractivity contribution in [3.8, 4) is 0 Å². The second-order valence-electron chi connectivity index (χ2n) is 3.89. The monoisotopic (exact) mass is 322 g/mol. The summed E-state index contributed by atoms with van der Waals surface area (Å²) in [6.45, 7) is 3.51. The molecular formula is C12H15BrN6. The van der Waals surface area contributed by atoms with Gasteiger partial charge < -0.3 is 10.6 Å². The lowest BCUT2D eigenvalue weighted by Crippen LogP contribution is -2.08. The van der Waals surface area contributed by atoms with E-state index in [1.54, 1.807) is 12.4 Å². The normalized spacial score (nSPS) is 10.2. The fourth-order valence-electron chi connectivity index (χ4n) is 1.42. The van der Waals surface area contributed by atoms with Crippen LogP contribution < -0.4 is 10.6 Å². The fourth-order valence-corrected chi connectivity index (χ4v) is 1.75. The van der Waals surface area contributed by atoms with Crippen molar-refractivity contribution in [3.63, 3.8) is 0 Å². The third-order valence-corrected chi connectivity index (χ3v) is 2.92. The molecule has 2 N–H and O–H groups in total. The molecule has 2 aromatic rings. The number of rotatable bonds is 6. The lowest BCUT2D eigenvalue weighted by molar-refractivity contribution is 0.914. The molecule has 7 heteroatoms. The van der Waals surface area contributed by atoms with Gasteiger partial charge in [0.05, 0.1) is 16.7 Å². The molecule has 6 nitrogen and oxygen atoms in total. The molecular weight excluding hydrogens is 308 g/mol. The molecule has 2 aromatic heterocycles. The van der Waals surface area contributed by atoms with E-state index in [-0.39, 0.29) is 0 Å². The minimum absolute atomic E-state index is 0.566. The first-order valence-electron chi connectivity index (χ1n) is 6.06. The predicted octanol–water partition coefficient (Wildman–Crippen LogP) is 2.46. The first-order valence-corrected chi connectivity index (χ1v) is 6.85. The zero-order valence-corrected chi connectivity index (χ0v) is 12.2. The number of anilines is 2. The Bertz CT molecular complexity index is 519. The molecule has 19 heavy (non-hydrogen) atoms. The molecule has 0 bridgehead atoms. The zero-order valence-electron chi connectivity index (χ0n) is 10.6. The van der Waals surface area contributed by atoms with Crippen LogP contribution >= 0.6 is 15.9 Å². The first-order chi connectivity index (χ1) is 9.29. The summed E-state index contributed by atoms with van der Waals surface area (Å²) in [4.78, 5) is 8.59. The van der Waals surface area contributed by atoms with Crippen LogP contribution in [0.3, 0.4) is 0 Å². The van der Waals surface area contributed by atoms with E-state index in [9.17, 15) is 0 Å². The highest BCUT2D eigenvalue weighted by atomic mass is 79.9. The number of hydrogen-bond donors (Lipinski definition) is 2. The maximum atomic E-state index is 4.40. The summed E-state index contributed by atoms with van der Waals surface area (Å²) >= 11 is 3.42. The second kappa shape index (κ2) is 6.98. The van der Waals surface area contributed by atoms with E-state index in [1.165, 1.54) is 0 Å². The molecule has 2 heterocycles. The predicted molar refractivity (Wildman–Crippen MR) is 77.9 cm³/mol. The SMILES string of the molecule is CCCNc1ncc(Br)c(NCc2cccnn2)n1. The van der Waals surface area contributed by atoms with E-state index in [0.717, 1.165) is 29.0 Å². The Hall–Kier alpha value is -1.76. The molecule has 100 valence electrons. The molecule has 2 rings (SSSR count). The lowest BCUT2D eigenvalue weighted by Gasteiger charge is -2.09. The van der Waals surface area contributed by atoms with Crippen molar-refractivity contribution in [2.24, 2.45) is 0 Å². The Morgan fingerprint density at radius 1 is 1.32 bits per heavy atom. The van der Waals surface area contributed by atoms with Crippen molar-refractivity contribution < 1.29 is 0 Å². The zero-order chi connectivity index (χ0) is 13.5. The number of nitrogens with zero attached hydrogens (tertiary/aromatic N) is 4. The maximum absolute atomic E-state index is 4.40. The smallest absolute Gasteiger partial charge is 0.224 e. The number of aromatic nitrogens is 4. The summed E-state index contributed by atoms with van der Waals surface area (Å²) in [6, 6.07) is 3.76. The van der Waals surface area contributed by atoms with Gasteiger partial charge in [-0.05, 0) is 34.5 Å². The summed E-state index contributed by atoms with van der Waals surface area (Å²) in [5, 5.41) is 14.2. The Balaban J connectivity index is 2.02. The second-order valence-corrected chi connectivity index (χ2v) is 4.74. The quantitative estimate of drug-likeness (QED) is 0.850. The fraction of sp³-hybridized carbons (Fsp3) is 0.333. The average molecular weight is 323 g/mol. The third kappa shape index (κ3) is 4.13. The van der Waals surface area contributed by atoms with E-state index in [0.29, 0.717) is 12.5 Å². The van der Waals surface area contributed by atoms with Crippen molar-refractivity contribution in [1.29, 1.82) is 0 Å². The summed E-state index contributed by atoms with van der Waals surface area (Å²) < 4.78 is 0.818. The Kier molecular flexibility index (Phi) is 5.02. The van der Waals surface area contributed by atoms with Gasteiger partial charge in [-0.25, -0.2) is 4.98 Å². The van der Waals surface area contributed by atoms with E-state index in [1.807, 2.05) is 12.1 Å². The van der Waals surface area contributed by atoms with E-state index >= 15 is 0 Å². The van der Waals surface area contributed by atoms with Gasteiger partial charge in [-0.1, -0.05) is 6.92 Å². The summed E-state index contributed by atoms with van der Waals surface area (Å²) in [5.74, 6) is 1.35. The molecule has 0 saturated carbocycles. The van der Waals surface area contributed by atoms with Gasteiger partial charge in [0.15, 0.2) is 0 Å². The summed E-state index contributed by atoms with van der Waals surface area (Å²) in [7, 11) is 0.